The molecule has 0 amide bonds. The van der Waals surface area contributed by atoms with Crippen molar-refractivity contribution in [2.75, 3.05) is 26.7 Å². The molecule has 0 aromatic carbocycles. The molecule has 0 spiro atoms. The molecule has 0 rings (SSSR count). The van der Waals surface area contributed by atoms with Crippen LogP contribution < -0.4 is 18.6 Å². The van der Waals surface area contributed by atoms with Crippen LogP contribution in [0.25, 0.3) is 0 Å². The lowest BCUT2D eigenvalue weighted by atomic mass is 10.2. The van der Waals surface area contributed by atoms with E-state index in [2.05, 4.69) is 27.8 Å². The number of hydrogen-bond acceptors (Lipinski definition) is 4. The van der Waals surface area contributed by atoms with Crippen LogP contribution in [0.3, 0.4) is 0 Å². The van der Waals surface area contributed by atoms with Gasteiger partial charge in [-0.2, -0.15) is 0 Å². The van der Waals surface area contributed by atoms with Gasteiger partial charge in [0.25, 0.3) is 0 Å². The predicted octanol–water partition coefficient (Wildman–Crippen LogP) is -0.923. The summed E-state index contributed by atoms with van der Waals surface area (Å²) >= 11 is 0. The standard InChI is InChI=1S/C13H30N.ClHO4/c1-5-8-11-14(4,12-9-6-2)13-10-7-3;2-1(3,4)5/h5-13H2,1-4H3;(H,2,3,4,5)/q+1;/p-1. The highest BCUT2D eigenvalue weighted by atomic mass is 35.7. The largest absolute Gasteiger partial charge is 0.326 e. The van der Waals surface area contributed by atoms with E-state index in [0.29, 0.717) is 0 Å². The monoisotopic (exact) mass is 299 g/mol. The number of quaternary nitrogens is 1. The molecule has 0 bridgehead atoms. The number of rotatable bonds is 9. The van der Waals surface area contributed by atoms with E-state index in [1.807, 2.05) is 0 Å². The third-order valence-corrected chi connectivity index (χ3v) is 3.15. The molecule has 118 valence electrons. The minimum atomic E-state index is -4.94. The molecule has 0 atom stereocenters. The first-order valence-corrected chi connectivity index (χ1v) is 8.37. The lowest BCUT2D eigenvalue weighted by Gasteiger charge is -2.34. The third kappa shape index (κ3) is 20.6. The summed E-state index contributed by atoms with van der Waals surface area (Å²) < 4.78 is 35.3. The van der Waals surface area contributed by atoms with E-state index in [1.165, 1.54) is 62.6 Å². The summed E-state index contributed by atoms with van der Waals surface area (Å²) in [5.74, 6) is 0. The fraction of sp³-hybridized carbons (Fsp3) is 1.00. The summed E-state index contributed by atoms with van der Waals surface area (Å²) in [6.45, 7) is 11.0. The molecule has 0 radical (unpaired) electrons. The first-order chi connectivity index (χ1) is 8.68. The van der Waals surface area contributed by atoms with Gasteiger partial charge in [-0.05, 0) is 19.3 Å². The number of hydrogen-bond donors (Lipinski definition) is 0. The van der Waals surface area contributed by atoms with Crippen molar-refractivity contribution in [3.05, 3.63) is 0 Å². The summed E-state index contributed by atoms with van der Waals surface area (Å²) in [6, 6.07) is 0. The zero-order valence-corrected chi connectivity index (χ0v) is 13.6. The van der Waals surface area contributed by atoms with Gasteiger partial charge in [0.1, 0.15) is 0 Å². The summed E-state index contributed by atoms with van der Waals surface area (Å²) in [5, 5.41) is 0. The third-order valence-electron chi connectivity index (χ3n) is 3.15. The van der Waals surface area contributed by atoms with E-state index in [1.54, 1.807) is 0 Å². The minimum absolute atomic E-state index is 1.32. The van der Waals surface area contributed by atoms with Crippen molar-refractivity contribution >= 4 is 0 Å². The molecule has 0 saturated heterocycles. The maximum absolute atomic E-state index is 8.49. The Morgan fingerprint density at radius 1 is 0.684 bits per heavy atom. The average molecular weight is 300 g/mol. The van der Waals surface area contributed by atoms with Gasteiger partial charge in [0.2, 0.25) is 0 Å². The molecule has 0 aliphatic heterocycles. The van der Waals surface area contributed by atoms with E-state index in [-0.39, 0.29) is 0 Å². The number of unbranched alkanes of at least 4 members (excludes halogenated alkanes) is 3. The first kappa shape index (κ1) is 21.4. The van der Waals surface area contributed by atoms with Crippen molar-refractivity contribution in [3.63, 3.8) is 0 Å². The van der Waals surface area contributed by atoms with E-state index < -0.39 is 10.2 Å². The minimum Gasteiger partial charge on any atom is -0.326 e. The zero-order chi connectivity index (χ0) is 15.4. The Hall–Kier alpha value is 0.0900. The zero-order valence-electron chi connectivity index (χ0n) is 12.8. The van der Waals surface area contributed by atoms with Gasteiger partial charge in [-0.1, -0.05) is 40.0 Å². The summed E-state index contributed by atoms with van der Waals surface area (Å²) in [6.07, 6.45) is 8.20. The molecule has 0 N–H and O–H groups in total. The van der Waals surface area contributed by atoms with Gasteiger partial charge in [-0.15, -0.1) is 10.2 Å². The van der Waals surface area contributed by atoms with Crippen molar-refractivity contribution in [1.82, 2.24) is 0 Å². The quantitative estimate of drug-likeness (QED) is 0.515. The van der Waals surface area contributed by atoms with Crippen molar-refractivity contribution in [2.24, 2.45) is 0 Å². The van der Waals surface area contributed by atoms with Gasteiger partial charge in [0, 0.05) is 0 Å². The van der Waals surface area contributed by atoms with E-state index in [0.717, 1.165) is 0 Å². The Morgan fingerprint density at radius 3 is 1.05 bits per heavy atom. The van der Waals surface area contributed by atoms with E-state index >= 15 is 0 Å². The van der Waals surface area contributed by atoms with Crippen molar-refractivity contribution in [2.45, 2.75) is 59.3 Å². The highest BCUT2D eigenvalue weighted by Crippen LogP contribution is 2.10. The predicted molar refractivity (Wildman–Crippen MR) is 65.5 cm³/mol. The molecule has 0 aromatic heterocycles. The first-order valence-electron chi connectivity index (χ1n) is 7.13. The maximum atomic E-state index is 8.49. The summed E-state index contributed by atoms with van der Waals surface area (Å²) in [4.78, 5) is 0. The normalized spacial score (nSPS) is 12.0. The lowest BCUT2D eigenvalue weighted by molar-refractivity contribution is -2.00. The van der Waals surface area contributed by atoms with Crippen molar-refractivity contribution in [1.29, 1.82) is 0 Å². The Morgan fingerprint density at radius 2 is 0.895 bits per heavy atom. The molecule has 0 heterocycles. The SMILES string of the molecule is CCCC[N+](C)(CCCC)CCCC.[O-][Cl+3]([O-])([O-])[O-]. The van der Waals surface area contributed by atoms with Gasteiger partial charge < -0.3 is 4.48 Å². The molecule has 5 nitrogen and oxygen atoms in total. The van der Waals surface area contributed by atoms with Crippen LogP contribution in [0.5, 0.6) is 0 Å². The van der Waals surface area contributed by atoms with Crippen LogP contribution in [-0.4, -0.2) is 31.2 Å². The highest BCUT2D eigenvalue weighted by molar-refractivity contribution is 4.43. The van der Waals surface area contributed by atoms with Crippen LogP contribution in [0.1, 0.15) is 59.3 Å². The Balaban J connectivity index is 0. The molecule has 19 heavy (non-hydrogen) atoms. The van der Waals surface area contributed by atoms with Crippen LogP contribution in [0.4, 0.5) is 0 Å². The molecule has 0 saturated carbocycles. The van der Waals surface area contributed by atoms with Gasteiger partial charge in [0.05, 0.1) is 26.7 Å². The van der Waals surface area contributed by atoms with Gasteiger partial charge in [-0.3, -0.25) is 0 Å². The summed E-state index contributed by atoms with van der Waals surface area (Å²) in [5.41, 5.74) is 0. The average Bonchev–Trinajstić information content (AvgIpc) is 2.30. The topological polar surface area (TPSA) is 92.2 Å². The van der Waals surface area contributed by atoms with E-state index in [4.69, 9.17) is 18.6 Å². The molecule has 0 aliphatic rings. The highest BCUT2D eigenvalue weighted by Gasteiger charge is 2.18. The molecule has 0 aromatic rings. The molecular formula is C13H30ClNO4. The van der Waals surface area contributed by atoms with Gasteiger partial charge in [-0.25, -0.2) is 18.6 Å². The smallest absolute Gasteiger partial charge is 0.0784 e. The van der Waals surface area contributed by atoms with Crippen LogP contribution >= 0.6 is 0 Å². The Kier molecular flexibility index (Phi) is 13.4. The number of nitrogens with zero attached hydrogens (tertiary/aromatic N) is 1. The fourth-order valence-corrected chi connectivity index (χ4v) is 1.95. The Labute approximate surface area is 120 Å². The molecule has 6 heteroatoms. The lowest BCUT2D eigenvalue weighted by Crippen LogP contribution is -2.68. The Bertz CT molecular complexity index is 170. The van der Waals surface area contributed by atoms with Crippen LogP contribution in [0.15, 0.2) is 0 Å². The van der Waals surface area contributed by atoms with Crippen LogP contribution in [-0.2, 0) is 0 Å². The molecular weight excluding hydrogens is 270 g/mol. The second-order valence-electron chi connectivity index (χ2n) is 5.23. The van der Waals surface area contributed by atoms with Crippen molar-refractivity contribution < 1.29 is 33.4 Å². The summed E-state index contributed by atoms with van der Waals surface area (Å²) in [7, 11) is -2.50. The molecule has 0 aliphatic carbocycles. The van der Waals surface area contributed by atoms with Crippen molar-refractivity contribution in [3.8, 4) is 0 Å². The van der Waals surface area contributed by atoms with Gasteiger partial charge >= 0.3 is 0 Å². The second-order valence-corrected chi connectivity index (χ2v) is 5.98. The molecule has 0 fully saturated rings. The number of halogens is 1. The second kappa shape index (κ2) is 11.9. The van der Waals surface area contributed by atoms with Gasteiger partial charge in [0.15, 0.2) is 0 Å². The van der Waals surface area contributed by atoms with E-state index in [9.17, 15) is 0 Å². The fourth-order valence-electron chi connectivity index (χ4n) is 1.95. The van der Waals surface area contributed by atoms with Crippen LogP contribution in [0, 0.1) is 10.2 Å². The van der Waals surface area contributed by atoms with Crippen LogP contribution in [0.2, 0.25) is 0 Å². The molecule has 0 unspecified atom stereocenters. The maximum Gasteiger partial charge on any atom is 0.0784 e.